The van der Waals surface area contributed by atoms with Gasteiger partial charge in [-0.2, -0.15) is 13.2 Å². The number of anilines is 3. The smallest absolute Gasteiger partial charge is 0.383 e. The summed E-state index contributed by atoms with van der Waals surface area (Å²) in [6.45, 7) is 1.41. The number of hydrogen-bond acceptors (Lipinski definition) is 6. The lowest BCUT2D eigenvalue weighted by Gasteiger charge is -2.37. The molecule has 4 rings (SSSR count). The molecule has 154 valence electrons. The van der Waals surface area contributed by atoms with Gasteiger partial charge in [0.05, 0.1) is 17.3 Å². The van der Waals surface area contributed by atoms with Crippen molar-refractivity contribution >= 4 is 22.8 Å². The summed E-state index contributed by atoms with van der Waals surface area (Å²) >= 11 is 0. The molecule has 0 unspecified atom stereocenters. The molecule has 1 aliphatic heterocycles. The molecule has 0 atom stereocenters. The number of nitrogen functional groups attached to an aromatic ring is 1. The molecule has 3 aromatic heterocycles. The third-order valence-corrected chi connectivity index (χ3v) is 5.09. The second kappa shape index (κ2) is 6.57. The van der Waals surface area contributed by atoms with Crippen molar-refractivity contribution in [2.24, 2.45) is 7.05 Å². The standard InChI is InChI=1S/C17H18F3N7O2/c1-24-14(21)13(15(28)23-16(24)29)26-4-2-25(3-5-26)12-7-10(17(18,19)20)6-11-8-22-9-27(11)12/h6-9H,2-5,21H2,1H3,(H,23,28,29). The monoisotopic (exact) mass is 409 g/mol. The fourth-order valence-corrected chi connectivity index (χ4v) is 3.51. The summed E-state index contributed by atoms with van der Waals surface area (Å²) in [5.74, 6) is 0.414. The van der Waals surface area contributed by atoms with E-state index in [0.717, 1.165) is 16.7 Å². The van der Waals surface area contributed by atoms with Crippen molar-refractivity contribution in [3.63, 3.8) is 0 Å². The van der Waals surface area contributed by atoms with Crippen LogP contribution in [-0.2, 0) is 13.2 Å². The van der Waals surface area contributed by atoms with E-state index in [-0.39, 0.29) is 11.5 Å². The van der Waals surface area contributed by atoms with Gasteiger partial charge in [0.15, 0.2) is 0 Å². The highest BCUT2D eigenvalue weighted by atomic mass is 19.4. The zero-order valence-corrected chi connectivity index (χ0v) is 15.4. The molecule has 3 N–H and O–H groups in total. The molecule has 9 nitrogen and oxygen atoms in total. The highest BCUT2D eigenvalue weighted by Gasteiger charge is 2.33. The number of aromatic amines is 1. The van der Waals surface area contributed by atoms with Crippen LogP contribution in [0.5, 0.6) is 0 Å². The van der Waals surface area contributed by atoms with E-state index in [1.54, 1.807) is 14.2 Å². The van der Waals surface area contributed by atoms with Crippen LogP contribution in [-0.4, -0.2) is 45.1 Å². The van der Waals surface area contributed by atoms with Crippen molar-refractivity contribution in [2.45, 2.75) is 6.18 Å². The van der Waals surface area contributed by atoms with Crippen LogP contribution in [0, 0.1) is 0 Å². The highest BCUT2D eigenvalue weighted by molar-refractivity contribution is 5.64. The minimum absolute atomic E-state index is 0.0447. The number of nitrogens with zero attached hydrogens (tertiary/aromatic N) is 5. The number of imidazole rings is 1. The zero-order valence-electron chi connectivity index (χ0n) is 15.4. The number of fused-ring (bicyclic) bond motifs is 1. The number of nitrogens with two attached hydrogens (primary N) is 1. The molecule has 1 saturated heterocycles. The van der Waals surface area contributed by atoms with Crippen molar-refractivity contribution in [3.05, 3.63) is 51.1 Å². The lowest BCUT2D eigenvalue weighted by Crippen LogP contribution is -2.49. The Hall–Kier alpha value is -3.44. The highest BCUT2D eigenvalue weighted by Crippen LogP contribution is 2.33. The summed E-state index contributed by atoms with van der Waals surface area (Å²) < 4.78 is 42.6. The number of aromatic nitrogens is 4. The third-order valence-electron chi connectivity index (χ3n) is 5.09. The molecule has 1 aliphatic rings. The van der Waals surface area contributed by atoms with Crippen molar-refractivity contribution in [1.29, 1.82) is 0 Å². The first-order chi connectivity index (χ1) is 13.7. The molecule has 0 amide bonds. The molecule has 0 saturated carbocycles. The first-order valence-electron chi connectivity index (χ1n) is 8.79. The average Bonchev–Trinajstić information content (AvgIpc) is 3.14. The Balaban J connectivity index is 1.65. The second-order valence-corrected chi connectivity index (χ2v) is 6.81. The second-order valence-electron chi connectivity index (χ2n) is 6.81. The normalized spacial score (nSPS) is 15.3. The largest absolute Gasteiger partial charge is 0.416 e. The lowest BCUT2D eigenvalue weighted by atomic mass is 10.2. The van der Waals surface area contributed by atoms with Gasteiger partial charge >= 0.3 is 11.9 Å². The molecule has 0 radical (unpaired) electrons. The van der Waals surface area contributed by atoms with Crippen LogP contribution in [0.15, 0.2) is 34.2 Å². The van der Waals surface area contributed by atoms with Crippen LogP contribution < -0.4 is 26.8 Å². The van der Waals surface area contributed by atoms with Crippen molar-refractivity contribution in [2.75, 3.05) is 41.7 Å². The summed E-state index contributed by atoms with van der Waals surface area (Å²) in [4.78, 5) is 33.5. The van der Waals surface area contributed by atoms with Crippen molar-refractivity contribution < 1.29 is 13.2 Å². The summed E-state index contributed by atoms with van der Waals surface area (Å²) in [7, 11) is 1.45. The Morgan fingerprint density at radius 1 is 1.10 bits per heavy atom. The molecule has 12 heteroatoms. The van der Waals surface area contributed by atoms with E-state index in [2.05, 4.69) is 9.97 Å². The van der Waals surface area contributed by atoms with Gasteiger partial charge in [0.2, 0.25) is 0 Å². The summed E-state index contributed by atoms with van der Waals surface area (Å²) in [6, 6.07) is 2.15. The van der Waals surface area contributed by atoms with Gasteiger partial charge in [-0.1, -0.05) is 0 Å². The Morgan fingerprint density at radius 2 is 1.76 bits per heavy atom. The van der Waals surface area contributed by atoms with E-state index in [1.807, 2.05) is 0 Å². The number of nitrogens with one attached hydrogen (secondary N) is 1. The molecule has 0 aliphatic carbocycles. The molecule has 3 aromatic rings. The molecule has 0 aromatic carbocycles. The molecular formula is C17H18F3N7O2. The number of alkyl halides is 3. The van der Waals surface area contributed by atoms with Gasteiger partial charge in [0.1, 0.15) is 23.7 Å². The SMILES string of the molecule is Cn1c(N)c(N2CCN(c3cc(C(F)(F)F)cc4cncn34)CC2)c(=O)[nH]c1=O. The topological polar surface area (TPSA) is 105 Å². The average molecular weight is 409 g/mol. The number of piperazine rings is 1. The molecule has 4 heterocycles. The van der Waals surface area contributed by atoms with E-state index in [0.29, 0.717) is 37.5 Å². The number of H-pyrrole nitrogens is 1. The number of hydrogen-bond donors (Lipinski definition) is 2. The van der Waals surface area contributed by atoms with E-state index in [9.17, 15) is 22.8 Å². The van der Waals surface area contributed by atoms with Gasteiger partial charge in [-0.15, -0.1) is 0 Å². The van der Waals surface area contributed by atoms with E-state index in [4.69, 9.17) is 5.73 Å². The maximum Gasteiger partial charge on any atom is 0.416 e. The predicted octanol–water partition coefficient (Wildman–Crippen LogP) is 0.649. The molecule has 1 fully saturated rings. The van der Waals surface area contributed by atoms with Crippen LogP contribution in [0.2, 0.25) is 0 Å². The molecule has 0 spiro atoms. The van der Waals surface area contributed by atoms with Crippen LogP contribution in [0.25, 0.3) is 5.52 Å². The zero-order chi connectivity index (χ0) is 20.9. The number of pyridine rings is 1. The fourth-order valence-electron chi connectivity index (χ4n) is 3.51. The summed E-state index contributed by atoms with van der Waals surface area (Å²) in [5, 5.41) is 0. The Morgan fingerprint density at radius 3 is 2.41 bits per heavy atom. The molecular weight excluding hydrogens is 391 g/mol. The van der Waals surface area contributed by atoms with Crippen molar-refractivity contribution in [1.82, 2.24) is 18.9 Å². The van der Waals surface area contributed by atoms with Crippen LogP contribution in [0.1, 0.15) is 5.56 Å². The maximum absolute atomic E-state index is 13.3. The van der Waals surface area contributed by atoms with Gasteiger partial charge in [-0.05, 0) is 12.1 Å². The summed E-state index contributed by atoms with van der Waals surface area (Å²) in [6.07, 6.45) is -1.63. The van der Waals surface area contributed by atoms with Gasteiger partial charge < -0.3 is 15.5 Å². The Labute approximate surface area is 161 Å². The van der Waals surface area contributed by atoms with Crippen LogP contribution >= 0.6 is 0 Å². The predicted molar refractivity (Wildman–Crippen MR) is 101 cm³/mol. The molecule has 0 bridgehead atoms. The fraction of sp³-hybridized carbons (Fsp3) is 0.353. The lowest BCUT2D eigenvalue weighted by molar-refractivity contribution is -0.137. The summed E-state index contributed by atoms with van der Waals surface area (Å²) in [5.41, 5.74) is 4.52. The first kappa shape index (κ1) is 18.9. The van der Waals surface area contributed by atoms with E-state index < -0.39 is 23.0 Å². The molecule has 29 heavy (non-hydrogen) atoms. The van der Waals surface area contributed by atoms with Crippen LogP contribution in [0.4, 0.5) is 30.5 Å². The van der Waals surface area contributed by atoms with E-state index >= 15 is 0 Å². The first-order valence-corrected chi connectivity index (χ1v) is 8.79. The van der Waals surface area contributed by atoms with Gasteiger partial charge in [-0.3, -0.25) is 18.7 Å². The number of halogens is 3. The Kier molecular flexibility index (Phi) is 4.28. The van der Waals surface area contributed by atoms with Gasteiger partial charge in [-0.25, -0.2) is 9.78 Å². The van der Waals surface area contributed by atoms with Gasteiger partial charge in [0.25, 0.3) is 5.56 Å². The Bertz CT molecular complexity index is 1190. The quantitative estimate of drug-likeness (QED) is 0.644. The minimum atomic E-state index is -4.47. The maximum atomic E-state index is 13.3. The number of rotatable bonds is 2. The third kappa shape index (κ3) is 3.19. The van der Waals surface area contributed by atoms with Crippen LogP contribution in [0.3, 0.4) is 0 Å². The van der Waals surface area contributed by atoms with Gasteiger partial charge in [0, 0.05) is 33.2 Å². The van der Waals surface area contributed by atoms with Crippen molar-refractivity contribution in [3.8, 4) is 0 Å². The van der Waals surface area contributed by atoms with E-state index in [1.165, 1.54) is 19.6 Å². The minimum Gasteiger partial charge on any atom is -0.383 e.